The van der Waals surface area contributed by atoms with E-state index in [0.29, 0.717) is 65.2 Å². The summed E-state index contributed by atoms with van der Waals surface area (Å²) in [5, 5.41) is 11.4. The Hall–Kier alpha value is -6.74. The van der Waals surface area contributed by atoms with Gasteiger partial charge in [0, 0.05) is 95.7 Å². The monoisotopic (exact) mass is 995 g/mol. The number of aromatic nitrogens is 4. The number of imide groups is 1. The van der Waals surface area contributed by atoms with E-state index in [0.717, 1.165) is 106 Å². The minimum absolute atomic E-state index is 0.0949. The fraction of sp³-hybridized carbons (Fsp3) is 0.462. The van der Waals surface area contributed by atoms with Crippen molar-refractivity contribution in [3.63, 3.8) is 0 Å². The van der Waals surface area contributed by atoms with Gasteiger partial charge in [0.2, 0.25) is 0 Å². The Labute approximate surface area is 419 Å². The van der Waals surface area contributed by atoms with Gasteiger partial charge in [-0.15, -0.1) is 0 Å². The number of methoxy groups -OCH3 is 1. The number of fused-ring (bicyclic) bond motifs is 2. The Morgan fingerprint density at radius 2 is 1.53 bits per heavy atom. The van der Waals surface area contributed by atoms with Crippen LogP contribution < -0.4 is 26.0 Å². The first-order chi connectivity index (χ1) is 35.0. The molecule has 1 unspecified atom stereocenters. The van der Waals surface area contributed by atoms with E-state index in [9.17, 15) is 32.8 Å². The number of hydrogen-bond acceptors (Lipinski definition) is 15. The molecule has 5 aromatic rings. The van der Waals surface area contributed by atoms with Gasteiger partial charge in [-0.25, -0.2) is 19.0 Å². The molecule has 2 aromatic heterocycles. The second kappa shape index (κ2) is 26.1. The number of rotatable bonds is 16. The molecule has 0 bridgehead atoms. The molecule has 386 valence electrons. The predicted molar refractivity (Wildman–Crippen MR) is 273 cm³/mol. The number of piperazine rings is 1. The lowest BCUT2D eigenvalue weighted by Gasteiger charge is -2.48. The highest BCUT2D eigenvalue weighted by molar-refractivity contribution is 6.22. The number of amides is 3. The van der Waals surface area contributed by atoms with Gasteiger partial charge in [0.1, 0.15) is 42.0 Å². The molecule has 20 heteroatoms. The number of nitrogens with zero attached hydrogens (tertiary/aromatic N) is 9. The molecule has 0 radical (unpaired) electrons. The quantitative estimate of drug-likeness (QED) is 0.0890. The Morgan fingerprint density at radius 1 is 0.861 bits per heavy atom. The second-order valence-corrected chi connectivity index (χ2v) is 17.6. The van der Waals surface area contributed by atoms with Crippen LogP contribution in [-0.2, 0) is 16.1 Å². The van der Waals surface area contributed by atoms with Crippen molar-refractivity contribution >= 4 is 52.8 Å². The molecule has 3 aromatic carbocycles. The molecule has 9 rings (SSSR count). The fourth-order valence-corrected chi connectivity index (χ4v) is 9.57. The van der Waals surface area contributed by atoms with Gasteiger partial charge in [-0.2, -0.15) is 5.10 Å². The van der Waals surface area contributed by atoms with Crippen LogP contribution in [0, 0.1) is 5.82 Å². The largest absolute Gasteiger partial charge is 0.496 e. The lowest BCUT2D eigenvalue weighted by Crippen LogP contribution is -2.62. The van der Waals surface area contributed by atoms with E-state index >= 15 is 0 Å². The molecule has 0 aliphatic carbocycles. The number of nitrogens with two attached hydrogens (primary N) is 1. The molecule has 3 fully saturated rings. The van der Waals surface area contributed by atoms with Crippen molar-refractivity contribution in [2.45, 2.75) is 64.2 Å². The maximum absolute atomic E-state index is 13.9. The average Bonchev–Trinajstić information content (AvgIpc) is 3.92. The van der Waals surface area contributed by atoms with E-state index < -0.39 is 29.6 Å². The van der Waals surface area contributed by atoms with Crippen LogP contribution in [-0.4, -0.2) is 176 Å². The number of ether oxygens (including phenoxy) is 1. The molecular formula is C52H68F2N12O6. The molecule has 1 atom stereocenters. The number of anilines is 2. The third-order valence-corrected chi connectivity index (χ3v) is 13.3. The van der Waals surface area contributed by atoms with Crippen LogP contribution in [0.1, 0.15) is 82.2 Å². The standard InChI is InChI=1S/C47H52FN11O6.C2H7N.C2H6.CH3F/c1-65-40-11-8-32(48)23-39(40)45(62)50-25-30-4-6-31(7-5-30)42-41-43(49)51-29-52-44(41)59(53-42)33-12-14-56(15-13-33)36-26-55(27-36)17-16-54-18-20-57(21-19-54)34-9-10-37-38(24-34)47(64)58(46(37)63)35(28-61)3-2-22-60;1-3-2;2*1-2/h4-11,22-24,28-29,33,35-36H,2-3,12-21,25-27H2,1H3,(H,50,62)(H2,49,51,52);3H,1-2H3;1-2H3;1H3. The summed E-state index contributed by atoms with van der Waals surface area (Å²) >= 11 is 0. The minimum Gasteiger partial charge on any atom is -0.496 e. The number of benzene rings is 3. The maximum atomic E-state index is 13.9. The smallest absolute Gasteiger partial charge is 0.262 e. The first-order valence-corrected chi connectivity index (χ1v) is 24.6. The summed E-state index contributed by atoms with van der Waals surface area (Å²) in [7, 11) is 5.69. The number of likely N-dealkylation sites (tertiary alicyclic amines) is 2. The third kappa shape index (κ3) is 12.3. The fourth-order valence-electron chi connectivity index (χ4n) is 9.57. The van der Waals surface area contributed by atoms with Gasteiger partial charge in [-0.3, -0.25) is 38.4 Å². The predicted octanol–water partition coefficient (Wildman–Crippen LogP) is 4.89. The SMILES string of the molecule is CC.CF.CNC.COc1ccc(F)cc1C(=O)NCc1ccc(-c2nn(C3CCN(C4CN(CCN5CCN(c6ccc7c(c6)C(=O)N(C(C=O)CCC=O)C7=O)CC5)C4)CC3)c3ncnc(N)c23)cc1. The Balaban J connectivity index is 0.00000115. The van der Waals surface area contributed by atoms with E-state index in [1.54, 1.807) is 12.1 Å². The summed E-state index contributed by atoms with van der Waals surface area (Å²) in [4.78, 5) is 81.4. The number of hydrogen-bond donors (Lipinski definition) is 3. The van der Waals surface area contributed by atoms with Crippen molar-refractivity contribution in [2.75, 3.05) is 104 Å². The van der Waals surface area contributed by atoms with Gasteiger partial charge in [0.15, 0.2) is 5.65 Å². The molecule has 4 aliphatic rings. The van der Waals surface area contributed by atoms with E-state index in [2.05, 4.69) is 40.2 Å². The van der Waals surface area contributed by atoms with Crippen molar-refractivity contribution in [1.29, 1.82) is 0 Å². The molecule has 6 heterocycles. The van der Waals surface area contributed by atoms with E-state index in [-0.39, 0.29) is 31.0 Å². The Bertz CT molecular complexity index is 2630. The molecule has 4 N–H and O–H groups in total. The zero-order valence-electron chi connectivity index (χ0n) is 42.2. The average molecular weight is 995 g/mol. The highest BCUT2D eigenvalue weighted by atomic mass is 19.1. The summed E-state index contributed by atoms with van der Waals surface area (Å²) in [6.07, 6.45) is 4.82. The van der Waals surface area contributed by atoms with E-state index in [4.69, 9.17) is 15.6 Å². The Morgan fingerprint density at radius 3 is 2.18 bits per heavy atom. The first kappa shape index (κ1) is 54.6. The summed E-state index contributed by atoms with van der Waals surface area (Å²) in [6, 6.07) is 16.6. The molecule has 3 saturated heterocycles. The van der Waals surface area contributed by atoms with Crippen LogP contribution in [0.4, 0.5) is 20.3 Å². The number of nitrogens with one attached hydrogen (secondary N) is 2. The van der Waals surface area contributed by atoms with Gasteiger partial charge in [-0.05, 0) is 75.3 Å². The van der Waals surface area contributed by atoms with Gasteiger partial charge in [0.25, 0.3) is 17.7 Å². The van der Waals surface area contributed by atoms with Gasteiger partial charge in [-0.1, -0.05) is 38.1 Å². The normalized spacial score (nSPS) is 16.8. The molecule has 4 aliphatic heterocycles. The highest BCUT2D eigenvalue weighted by Crippen LogP contribution is 2.36. The number of aldehydes is 2. The number of carbonyl (C=O) groups is 5. The van der Waals surface area contributed by atoms with Crippen molar-refractivity contribution in [3.8, 4) is 17.0 Å². The topological polar surface area (TPSA) is 204 Å². The lowest BCUT2D eigenvalue weighted by molar-refractivity contribution is -0.112. The van der Waals surface area contributed by atoms with Crippen molar-refractivity contribution in [2.24, 2.45) is 0 Å². The number of halogens is 2. The van der Waals surface area contributed by atoms with Crippen molar-refractivity contribution in [1.82, 2.24) is 50.0 Å². The molecule has 0 spiro atoms. The Kier molecular flexibility index (Phi) is 19.8. The zero-order valence-corrected chi connectivity index (χ0v) is 42.2. The van der Waals surface area contributed by atoms with E-state index in [1.165, 1.54) is 25.6 Å². The minimum atomic E-state index is -0.952. The third-order valence-electron chi connectivity index (χ3n) is 13.3. The molecule has 0 saturated carbocycles. The molecule has 3 amide bonds. The summed E-state index contributed by atoms with van der Waals surface area (Å²) < 4.78 is 30.6. The molecular weight excluding hydrogens is 927 g/mol. The summed E-state index contributed by atoms with van der Waals surface area (Å²) in [5.74, 6) is -1.26. The highest BCUT2D eigenvalue weighted by Gasteiger charge is 2.40. The molecule has 72 heavy (non-hydrogen) atoms. The number of nitrogen functional groups attached to an aromatic ring is 1. The van der Waals surface area contributed by atoms with Crippen molar-refractivity contribution < 1.29 is 37.5 Å². The first-order valence-electron chi connectivity index (χ1n) is 24.6. The van der Waals surface area contributed by atoms with Crippen LogP contribution in [0.5, 0.6) is 5.75 Å². The molecule has 18 nitrogen and oxygen atoms in total. The van der Waals surface area contributed by atoms with Crippen LogP contribution in [0.2, 0.25) is 0 Å². The number of piperidine rings is 1. The second-order valence-electron chi connectivity index (χ2n) is 17.6. The number of alkyl halides is 1. The van der Waals surface area contributed by atoms with Crippen LogP contribution in [0.15, 0.2) is 67.0 Å². The van der Waals surface area contributed by atoms with Crippen molar-refractivity contribution in [3.05, 3.63) is 95.1 Å². The van der Waals surface area contributed by atoms with Crippen LogP contribution in [0.25, 0.3) is 22.3 Å². The zero-order chi connectivity index (χ0) is 51.9. The van der Waals surface area contributed by atoms with Gasteiger partial charge < -0.3 is 35.6 Å². The summed E-state index contributed by atoms with van der Waals surface area (Å²) in [6.45, 7) is 13.6. The van der Waals surface area contributed by atoms with E-state index in [1.807, 2.05) is 63.0 Å². The summed E-state index contributed by atoms with van der Waals surface area (Å²) in [5.41, 5.74) is 11.2. The van der Waals surface area contributed by atoms with Crippen LogP contribution >= 0.6 is 0 Å². The number of carbonyl (C=O) groups excluding carboxylic acids is 5. The lowest BCUT2D eigenvalue weighted by atomic mass is 9.99. The van der Waals surface area contributed by atoms with Gasteiger partial charge >= 0.3 is 0 Å². The maximum Gasteiger partial charge on any atom is 0.262 e. The van der Waals surface area contributed by atoms with Crippen LogP contribution in [0.3, 0.4) is 0 Å². The van der Waals surface area contributed by atoms with Gasteiger partial charge in [0.05, 0.1) is 48.4 Å².